The molecule has 6 rings (SSSR count). The summed E-state index contributed by atoms with van der Waals surface area (Å²) >= 11 is 0. The molecule has 0 N–H and O–H groups in total. The van der Waals surface area contributed by atoms with Crippen LogP contribution in [0.1, 0.15) is 50.0 Å². The molecule has 0 spiro atoms. The molecule has 132 valence electrons. The molecule has 26 heavy (non-hydrogen) atoms. The van der Waals surface area contributed by atoms with Gasteiger partial charge in [-0.15, -0.1) is 0 Å². The molecule has 2 atom stereocenters. The van der Waals surface area contributed by atoms with Gasteiger partial charge in [0, 0.05) is 11.3 Å². The lowest BCUT2D eigenvalue weighted by Gasteiger charge is -2.56. The van der Waals surface area contributed by atoms with E-state index in [1.165, 1.54) is 31.4 Å². The lowest BCUT2D eigenvalue weighted by molar-refractivity contribution is -0.145. The van der Waals surface area contributed by atoms with E-state index in [-0.39, 0.29) is 17.0 Å². The lowest BCUT2D eigenvalue weighted by atomic mass is 9.48. The summed E-state index contributed by atoms with van der Waals surface area (Å²) in [4.78, 5) is 13.7. The van der Waals surface area contributed by atoms with Crippen LogP contribution in [0.5, 0.6) is 0 Å². The van der Waals surface area contributed by atoms with Crippen molar-refractivity contribution < 1.29 is 9.18 Å². The molecule has 0 unspecified atom stereocenters. The lowest BCUT2D eigenvalue weighted by Crippen LogP contribution is -2.50. The van der Waals surface area contributed by atoms with Crippen molar-refractivity contribution in [2.75, 3.05) is 0 Å². The predicted octanol–water partition coefficient (Wildman–Crippen LogP) is 4.36. The number of halogens is 1. The first-order valence-electron chi connectivity index (χ1n) is 9.63. The number of carbonyl (C=O) groups is 1. The smallest absolute Gasteiger partial charge is 0.161 e. The number of hydrogen-bond acceptors (Lipinski definition) is 3. The minimum atomic E-state index is -1.33. The molecule has 3 nitrogen and oxygen atoms in total. The Balaban J connectivity index is 1.52. The van der Waals surface area contributed by atoms with Crippen LogP contribution in [0.2, 0.25) is 0 Å². The van der Waals surface area contributed by atoms with Crippen molar-refractivity contribution in [2.45, 2.75) is 44.4 Å². The van der Waals surface area contributed by atoms with E-state index >= 15 is 0 Å². The predicted molar refractivity (Wildman–Crippen MR) is 91.9 cm³/mol. The number of hydrogen-bond donors (Lipinski definition) is 0. The SMILES string of the molecule is N#CC1(C#N)[C@@H](C(=O)C23CC4CC(CC(C4)C2)C3)[C@@H]1c1cccc(F)c1. The molecule has 0 aliphatic heterocycles. The number of nitriles is 2. The average Bonchev–Trinajstić information content (AvgIpc) is 3.29. The van der Waals surface area contributed by atoms with E-state index in [1.807, 2.05) is 0 Å². The van der Waals surface area contributed by atoms with Crippen LogP contribution in [0.15, 0.2) is 24.3 Å². The fraction of sp³-hybridized carbons (Fsp3) is 0.591. The Morgan fingerprint density at radius 3 is 2.12 bits per heavy atom. The zero-order chi connectivity index (χ0) is 18.1. The van der Waals surface area contributed by atoms with Crippen LogP contribution < -0.4 is 0 Å². The fourth-order valence-corrected chi connectivity index (χ4v) is 6.95. The molecule has 4 heteroatoms. The van der Waals surface area contributed by atoms with E-state index in [2.05, 4.69) is 12.1 Å². The van der Waals surface area contributed by atoms with Gasteiger partial charge in [-0.05, 0) is 74.0 Å². The highest BCUT2D eigenvalue weighted by molar-refractivity contribution is 5.94. The first-order valence-corrected chi connectivity index (χ1v) is 9.63. The fourth-order valence-electron chi connectivity index (χ4n) is 6.95. The molecule has 5 fully saturated rings. The highest BCUT2D eigenvalue weighted by atomic mass is 19.1. The minimum absolute atomic E-state index is 0.119. The van der Waals surface area contributed by atoms with Crippen LogP contribution in [-0.2, 0) is 4.79 Å². The molecular formula is C22H21FN2O. The van der Waals surface area contributed by atoms with Crippen LogP contribution in [-0.4, -0.2) is 5.78 Å². The van der Waals surface area contributed by atoms with E-state index in [0.717, 1.165) is 19.3 Å². The normalized spacial score (nSPS) is 41.3. The summed E-state index contributed by atoms with van der Waals surface area (Å²) in [7, 11) is 0. The van der Waals surface area contributed by atoms with Crippen molar-refractivity contribution in [1.82, 2.24) is 0 Å². The van der Waals surface area contributed by atoms with Crippen molar-refractivity contribution in [1.29, 1.82) is 10.5 Å². The highest BCUT2D eigenvalue weighted by Crippen LogP contribution is 2.70. The standard InChI is InChI=1S/C22H21FN2O/c23-17-3-1-2-16(7-17)18-19(22(18,11-24)12-25)20(26)21-8-13-4-14(9-21)6-15(5-13)10-21/h1-3,7,13-15,18-19H,4-6,8-10H2/t13?,14?,15?,18-,19+,21?/m0/s1. The van der Waals surface area contributed by atoms with Crippen molar-refractivity contribution in [3.63, 3.8) is 0 Å². The number of benzene rings is 1. The summed E-state index contributed by atoms with van der Waals surface area (Å²) < 4.78 is 13.7. The average molecular weight is 348 g/mol. The van der Waals surface area contributed by atoms with Crippen molar-refractivity contribution in [3.05, 3.63) is 35.6 Å². The van der Waals surface area contributed by atoms with Crippen LogP contribution in [0.4, 0.5) is 4.39 Å². The molecule has 5 aliphatic carbocycles. The Kier molecular flexibility index (Phi) is 3.18. The highest BCUT2D eigenvalue weighted by Gasteiger charge is 2.73. The van der Waals surface area contributed by atoms with Gasteiger partial charge in [-0.2, -0.15) is 10.5 Å². The molecule has 5 saturated carbocycles. The molecular weight excluding hydrogens is 327 g/mol. The summed E-state index contributed by atoms with van der Waals surface area (Å²) in [5, 5.41) is 19.5. The topological polar surface area (TPSA) is 64.7 Å². The first kappa shape index (κ1) is 16.0. The Morgan fingerprint density at radius 1 is 1.04 bits per heavy atom. The van der Waals surface area contributed by atoms with Gasteiger partial charge in [-0.1, -0.05) is 12.1 Å². The van der Waals surface area contributed by atoms with E-state index in [9.17, 15) is 19.7 Å². The molecule has 0 saturated heterocycles. The van der Waals surface area contributed by atoms with Gasteiger partial charge >= 0.3 is 0 Å². The van der Waals surface area contributed by atoms with Gasteiger partial charge < -0.3 is 0 Å². The monoisotopic (exact) mass is 348 g/mol. The molecule has 4 bridgehead atoms. The summed E-state index contributed by atoms with van der Waals surface area (Å²) in [6, 6.07) is 10.3. The van der Waals surface area contributed by atoms with Gasteiger partial charge in [0.1, 0.15) is 11.6 Å². The minimum Gasteiger partial charge on any atom is -0.299 e. The van der Waals surface area contributed by atoms with Crippen molar-refractivity contribution in [2.24, 2.45) is 34.5 Å². The number of Topliss-reactive ketones (excluding diaryl/α,β-unsaturated/α-hetero) is 1. The third-order valence-corrected chi connectivity index (χ3v) is 7.63. The Bertz CT molecular complexity index is 828. The number of nitrogens with zero attached hydrogens (tertiary/aromatic N) is 2. The Labute approximate surface area is 152 Å². The van der Waals surface area contributed by atoms with Crippen LogP contribution >= 0.6 is 0 Å². The van der Waals surface area contributed by atoms with Gasteiger partial charge in [-0.25, -0.2) is 4.39 Å². The van der Waals surface area contributed by atoms with E-state index in [1.54, 1.807) is 12.1 Å². The second-order valence-electron chi connectivity index (χ2n) is 9.17. The maximum Gasteiger partial charge on any atom is 0.161 e. The Hall–Kier alpha value is -2.20. The number of rotatable bonds is 3. The third-order valence-electron chi connectivity index (χ3n) is 7.63. The van der Waals surface area contributed by atoms with Gasteiger partial charge in [0.2, 0.25) is 0 Å². The van der Waals surface area contributed by atoms with Gasteiger partial charge in [0.25, 0.3) is 0 Å². The van der Waals surface area contributed by atoms with E-state index in [4.69, 9.17) is 0 Å². The van der Waals surface area contributed by atoms with Crippen molar-refractivity contribution in [3.8, 4) is 12.1 Å². The summed E-state index contributed by atoms with van der Waals surface area (Å²) in [5.41, 5.74) is -1.05. The molecule has 1 aromatic carbocycles. The molecule has 0 heterocycles. The zero-order valence-electron chi connectivity index (χ0n) is 14.6. The quantitative estimate of drug-likeness (QED) is 0.815. The molecule has 5 aliphatic rings. The number of ketones is 1. The van der Waals surface area contributed by atoms with E-state index < -0.39 is 17.3 Å². The van der Waals surface area contributed by atoms with Gasteiger partial charge in [0.15, 0.2) is 5.41 Å². The molecule has 0 amide bonds. The van der Waals surface area contributed by atoms with Crippen LogP contribution in [0.25, 0.3) is 0 Å². The maximum absolute atomic E-state index is 13.7. The third kappa shape index (κ3) is 1.99. The summed E-state index contributed by atoms with van der Waals surface area (Å²) in [6.07, 6.45) is 6.51. The Morgan fingerprint density at radius 2 is 1.62 bits per heavy atom. The largest absolute Gasteiger partial charge is 0.299 e. The van der Waals surface area contributed by atoms with E-state index in [0.29, 0.717) is 23.3 Å². The number of carbonyl (C=O) groups excluding carboxylic acids is 1. The second-order valence-corrected chi connectivity index (χ2v) is 9.17. The molecule has 0 radical (unpaired) electrons. The van der Waals surface area contributed by atoms with Crippen LogP contribution in [0.3, 0.4) is 0 Å². The van der Waals surface area contributed by atoms with Gasteiger partial charge in [-0.3, -0.25) is 4.79 Å². The summed E-state index contributed by atoms with van der Waals surface area (Å²) in [6.45, 7) is 0. The first-order chi connectivity index (χ1) is 12.5. The van der Waals surface area contributed by atoms with Crippen LogP contribution in [0, 0.1) is 63.0 Å². The maximum atomic E-state index is 13.7. The second kappa shape index (κ2) is 5.17. The van der Waals surface area contributed by atoms with Crippen molar-refractivity contribution >= 4 is 5.78 Å². The molecule has 1 aromatic rings. The van der Waals surface area contributed by atoms with Gasteiger partial charge in [0.05, 0.1) is 18.1 Å². The summed E-state index contributed by atoms with van der Waals surface area (Å²) in [5.74, 6) is 0.541. The molecule has 0 aromatic heterocycles. The zero-order valence-corrected chi connectivity index (χ0v) is 14.6.